The van der Waals surface area contributed by atoms with Crippen LogP contribution in [-0.2, 0) is 9.53 Å². The summed E-state index contributed by atoms with van der Waals surface area (Å²) in [7, 11) is 1.72. The fourth-order valence-corrected chi connectivity index (χ4v) is 3.31. The predicted octanol–water partition coefficient (Wildman–Crippen LogP) is 2.44. The summed E-state index contributed by atoms with van der Waals surface area (Å²) in [5.41, 5.74) is 0.698. The molecule has 0 saturated carbocycles. The van der Waals surface area contributed by atoms with Crippen LogP contribution in [0.3, 0.4) is 0 Å². The topological polar surface area (TPSA) is 41.6 Å². The highest BCUT2D eigenvalue weighted by molar-refractivity contribution is 5.94. The highest BCUT2D eigenvalue weighted by Gasteiger charge is 2.46. The first-order valence-corrected chi connectivity index (χ1v) is 7.73. The third-order valence-corrected chi connectivity index (χ3v) is 4.51. The molecule has 1 heterocycles. The number of anilines is 1. The van der Waals surface area contributed by atoms with E-state index in [1.807, 2.05) is 42.2 Å². The van der Waals surface area contributed by atoms with Crippen LogP contribution in [0, 0.1) is 5.92 Å². The van der Waals surface area contributed by atoms with Crippen LogP contribution in [0.4, 0.5) is 5.69 Å². The zero-order valence-corrected chi connectivity index (χ0v) is 13.3. The van der Waals surface area contributed by atoms with Gasteiger partial charge in [-0.1, -0.05) is 32.0 Å². The molecule has 4 heteroatoms. The SMILES string of the molecule is CCC(=O)N(c1ccccc1)[C@@]1(COC)CCNC[C@H]1C. The number of methoxy groups -OCH3 is 1. The van der Waals surface area contributed by atoms with Crippen molar-refractivity contribution in [3.8, 4) is 0 Å². The number of hydrogen-bond donors (Lipinski definition) is 1. The number of nitrogens with zero attached hydrogens (tertiary/aromatic N) is 1. The zero-order chi connectivity index (χ0) is 15.3. The second kappa shape index (κ2) is 7.05. The Morgan fingerprint density at radius 1 is 1.43 bits per heavy atom. The Labute approximate surface area is 127 Å². The van der Waals surface area contributed by atoms with Crippen LogP contribution in [0.15, 0.2) is 30.3 Å². The molecule has 4 nitrogen and oxygen atoms in total. The maximum atomic E-state index is 12.7. The van der Waals surface area contributed by atoms with Crippen LogP contribution < -0.4 is 10.2 Å². The summed E-state index contributed by atoms with van der Waals surface area (Å²) in [6.07, 6.45) is 1.41. The van der Waals surface area contributed by atoms with E-state index >= 15 is 0 Å². The second-order valence-corrected chi connectivity index (χ2v) is 5.81. The molecule has 2 rings (SSSR count). The third-order valence-electron chi connectivity index (χ3n) is 4.51. The van der Waals surface area contributed by atoms with Gasteiger partial charge in [0.25, 0.3) is 0 Å². The lowest BCUT2D eigenvalue weighted by Crippen LogP contribution is -2.64. The van der Waals surface area contributed by atoms with Gasteiger partial charge in [-0.15, -0.1) is 0 Å². The molecular formula is C17H26N2O2. The summed E-state index contributed by atoms with van der Waals surface area (Å²) in [4.78, 5) is 14.7. The molecular weight excluding hydrogens is 264 g/mol. The maximum Gasteiger partial charge on any atom is 0.227 e. The van der Waals surface area contributed by atoms with Gasteiger partial charge < -0.3 is 15.0 Å². The van der Waals surface area contributed by atoms with Crippen LogP contribution >= 0.6 is 0 Å². The molecule has 2 atom stereocenters. The number of piperidine rings is 1. The largest absolute Gasteiger partial charge is 0.382 e. The van der Waals surface area contributed by atoms with Gasteiger partial charge in [0.15, 0.2) is 0 Å². The minimum atomic E-state index is -0.269. The van der Waals surface area contributed by atoms with Crippen molar-refractivity contribution in [2.45, 2.75) is 32.2 Å². The van der Waals surface area contributed by atoms with Crippen LogP contribution in [0.5, 0.6) is 0 Å². The van der Waals surface area contributed by atoms with E-state index in [1.54, 1.807) is 7.11 Å². The van der Waals surface area contributed by atoms with Gasteiger partial charge in [0.05, 0.1) is 12.1 Å². The summed E-state index contributed by atoms with van der Waals surface area (Å²) in [6, 6.07) is 9.97. The molecule has 1 amide bonds. The Morgan fingerprint density at radius 3 is 2.71 bits per heavy atom. The monoisotopic (exact) mass is 290 g/mol. The molecule has 21 heavy (non-hydrogen) atoms. The highest BCUT2D eigenvalue weighted by atomic mass is 16.5. The molecule has 0 aliphatic carbocycles. The average Bonchev–Trinajstić information content (AvgIpc) is 2.51. The molecule has 0 bridgehead atoms. The van der Waals surface area contributed by atoms with E-state index in [0.29, 0.717) is 18.9 Å². The molecule has 1 aromatic carbocycles. The number of para-hydroxylation sites is 1. The molecule has 0 radical (unpaired) electrons. The Kier molecular flexibility index (Phi) is 5.37. The van der Waals surface area contributed by atoms with Crippen molar-refractivity contribution in [3.63, 3.8) is 0 Å². The van der Waals surface area contributed by atoms with E-state index in [2.05, 4.69) is 12.2 Å². The molecule has 116 valence electrons. The number of hydrogen-bond acceptors (Lipinski definition) is 3. The predicted molar refractivity (Wildman–Crippen MR) is 85.5 cm³/mol. The number of benzene rings is 1. The normalized spacial score (nSPS) is 25.6. The van der Waals surface area contributed by atoms with Crippen LogP contribution in [0.1, 0.15) is 26.7 Å². The van der Waals surface area contributed by atoms with Gasteiger partial charge in [-0.2, -0.15) is 0 Å². The summed E-state index contributed by atoms with van der Waals surface area (Å²) < 4.78 is 5.53. The van der Waals surface area contributed by atoms with Crippen molar-refractivity contribution >= 4 is 11.6 Å². The standard InChI is InChI=1S/C17H26N2O2/c1-4-16(20)19(15-8-6-5-7-9-15)17(13-21-3)10-11-18-12-14(17)2/h5-9,14,18H,4,10-13H2,1-3H3/t14-,17-/m1/s1. The summed E-state index contributed by atoms with van der Waals surface area (Å²) in [5.74, 6) is 0.494. The van der Waals surface area contributed by atoms with Crippen molar-refractivity contribution in [2.24, 2.45) is 5.92 Å². The first-order valence-electron chi connectivity index (χ1n) is 7.73. The van der Waals surface area contributed by atoms with E-state index in [1.165, 1.54) is 0 Å². The molecule has 1 aliphatic rings. The van der Waals surface area contributed by atoms with Gasteiger partial charge in [0.1, 0.15) is 0 Å². The number of rotatable bonds is 5. The molecule has 1 fully saturated rings. The minimum Gasteiger partial charge on any atom is -0.382 e. The lowest BCUT2D eigenvalue weighted by molar-refractivity contribution is -0.121. The van der Waals surface area contributed by atoms with Crippen molar-refractivity contribution < 1.29 is 9.53 Å². The van der Waals surface area contributed by atoms with Crippen LogP contribution in [-0.4, -0.2) is 38.3 Å². The molecule has 0 spiro atoms. The molecule has 0 unspecified atom stereocenters. The average molecular weight is 290 g/mol. The van der Waals surface area contributed by atoms with E-state index < -0.39 is 0 Å². The lowest BCUT2D eigenvalue weighted by Gasteiger charge is -2.50. The highest BCUT2D eigenvalue weighted by Crippen LogP contribution is 2.36. The van der Waals surface area contributed by atoms with Gasteiger partial charge in [-0.05, 0) is 31.0 Å². The van der Waals surface area contributed by atoms with Crippen molar-refractivity contribution in [3.05, 3.63) is 30.3 Å². The minimum absolute atomic E-state index is 0.159. The fraction of sp³-hybridized carbons (Fsp3) is 0.588. The summed E-state index contributed by atoms with van der Waals surface area (Å²) in [6.45, 7) is 6.50. The van der Waals surface area contributed by atoms with Crippen LogP contribution in [0.2, 0.25) is 0 Å². The molecule has 1 aliphatic heterocycles. The maximum absolute atomic E-state index is 12.7. The number of nitrogens with one attached hydrogen (secondary N) is 1. The molecule has 1 saturated heterocycles. The van der Waals surface area contributed by atoms with Gasteiger partial charge in [-0.25, -0.2) is 0 Å². The smallest absolute Gasteiger partial charge is 0.227 e. The lowest BCUT2D eigenvalue weighted by atomic mass is 9.78. The van der Waals surface area contributed by atoms with Crippen molar-refractivity contribution in [2.75, 3.05) is 31.7 Å². The number of ether oxygens (including phenoxy) is 1. The van der Waals surface area contributed by atoms with E-state index in [4.69, 9.17) is 4.74 Å². The van der Waals surface area contributed by atoms with Gasteiger partial charge in [0, 0.05) is 25.8 Å². The van der Waals surface area contributed by atoms with Gasteiger partial charge in [-0.3, -0.25) is 4.79 Å². The quantitative estimate of drug-likeness (QED) is 0.905. The number of amides is 1. The van der Waals surface area contributed by atoms with Crippen LogP contribution in [0.25, 0.3) is 0 Å². The Morgan fingerprint density at radius 2 is 2.14 bits per heavy atom. The number of carbonyl (C=O) groups excluding carboxylic acids is 1. The third kappa shape index (κ3) is 3.11. The van der Waals surface area contributed by atoms with E-state index in [-0.39, 0.29) is 11.4 Å². The van der Waals surface area contributed by atoms with Crippen molar-refractivity contribution in [1.29, 1.82) is 0 Å². The first kappa shape index (κ1) is 16.0. The molecule has 1 aromatic rings. The Balaban J connectivity index is 2.47. The van der Waals surface area contributed by atoms with E-state index in [9.17, 15) is 4.79 Å². The molecule has 1 N–H and O–H groups in total. The fourth-order valence-electron chi connectivity index (χ4n) is 3.31. The first-order chi connectivity index (χ1) is 10.2. The number of carbonyl (C=O) groups is 1. The summed E-state index contributed by atoms with van der Waals surface area (Å²) >= 11 is 0. The Hall–Kier alpha value is -1.39. The zero-order valence-electron chi connectivity index (χ0n) is 13.3. The molecule has 0 aromatic heterocycles. The summed E-state index contributed by atoms with van der Waals surface area (Å²) in [5, 5.41) is 3.42. The van der Waals surface area contributed by atoms with Gasteiger partial charge >= 0.3 is 0 Å². The second-order valence-electron chi connectivity index (χ2n) is 5.81. The van der Waals surface area contributed by atoms with Gasteiger partial charge in [0.2, 0.25) is 5.91 Å². The van der Waals surface area contributed by atoms with E-state index in [0.717, 1.165) is 25.2 Å². The Bertz CT molecular complexity index is 459. The van der Waals surface area contributed by atoms with Crippen molar-refractivity contribution in [1.82, 2.24) is 5.32 Å².